The quantitative estimate of drug-likeness (QED) is 0.752. The molecule has 1 N–H and O–H groups in total. The van der Waals surface area contributed by atoms with E-state index in [2.05, 4.69) is 5.32 Å². The van der Waals surface area contributed by atoms with E-state index in [-0.39, 0.29) is 24.3 Å². The third kappa shape index (κ3) is 3.34. The SMILES string of the molecule is CC(C)CC1(C)NC(=O)N(CC(=O)N2CCOCC2)C1=O. The Balaban J connectivity index is 2.01. The number of morpholine rings is 1. The molecule has 0 aromatic carbocycles. The predicted molar refractivity (Wildman–Crippen MR) is 75.5 cm³/mol. The van der Waals surface area contributed by atoms with Gasteiger partial charge < -0.3 is 15.0 Å². The lowest BCUT2D eigenvalue weighted by atomic mass is 9.91. The van der Waals surface area contributed by atoms with Crippen LogP contribution in [-0.4, -0.2) is 66.0 Å². The van der Waals surface area contributed by atoms with Gasteiger partial charge in [-0.15, -0.1) is 0 Å². The first-order chi connectivity index (χ1) is 9.83. The number of carbonyl (C=O) groups is 3. The minimum Gasteiger partial charge on any atom is -0.378 e. The van der Waals surface area contributed by atoms with E-state index >= 15 is 0 Å². The number of ether oxygens (including phenoxy) is 1. The molecule has 0 radical (unpaired) electrons. The summed E-state index contributed by atoms with van der Waals surface area (Å²) in [4.78, 5) is 39.3. The van der Waals surface area contributed by atoms with Crippen LogP contribution in [0, 0.1) is 5.92 Å². The number of urea groups is 1. The molecule has 2 rings (SSSR count). The molecule has 2 saturated heterocycles. The molecular formula is C14H23N3O4. The van der Waals surface area contributed by atoms with Gasteiger partial charge in [0, 0.05) is 13.1 Å². The van der Waals surface area contributed by atoms with Crippen molar-refractivity contribution in [1.29, 1.82) is 0 Å². The van der Waals surface area contributed by atoms with Crippen molar-refractivity contribution in [3.63, 3.8) is 0 Å². The molecule has 7 nitrogen and oxygen atoms in total. The van der Waals surface area contributed by atoms with E-state index in [0.717, 1.165) is 4.90 Å². The highest BCUT2D eigenvalue weighted by Crippen LogP contribution is 2.24. The van der Waals surface area contributed by atoms with Crippen LogP contribution in [0.15, 0.2) is 0 Å². The van der Waals surface area contributed by atoms with Crippen LogP contribution >= 0.6 is 0 Å². The van der Waals surface area contributed by atoms with Crippen LogP contribution in [0.3, 0.4) is 0 Å². The van der Waals surface area contributed by atoms with Gasteiger partial charge in [0.25, 0.3) is 5.91 Å². The van der Waals surface area contributed by atoms with Crippen molar-refractivity contribution in [2.45, 2.75) is 32.7 Å². The van der Waals surface area contributed by atoms with Gasteiger partial charge in [-0.2, -0.15) is 0 Å². The Morgan fingerprint density at radius 2 is 1.95 bits per heavy atom. The van der Waals surface area contributed by atoms with E-state index < -0.39 is 11.6 Å². The number of amides is 4. The number of carbonyl (C=O) groups excluding carboxylic acids is 3. The molecule has 0 bridgehead atoms. The highest BCUT2D eigenvalue weighted by atomic mass is 16.5. The molecule has 21 heavy (non-hydrogen) atoms. The van der Waals surface area contributed by atoms with E-state index in [4.69, 9.17) is 4.74 Å². The molecule has 2 aliphatic heterocycles. The first-order valence-electron chi connectivity index (χ1n) is 7.33. The van der Waals surface area contributed by atoms with Gasteiger partial charge in [-0.05, 0) is 19.3 Å². The van der Waals surface area contributed by atoms with Crippen LogP contribution in [0.1, 0.15) is 27.2 Å². The second-order valence-electron chi connectivity index (χ2n) is 6.24. The molecule has 118 valence electrons. The minimum absolute atomic E-state index is 0.196. The summed E-state index contributed by atoms with van der Waals surface area (Å²) in [5.74, 6) is -0.257. The Morgan fingerprint density at radius 1 is 1.33 bits per heavy atom. The number of nitrogens with zero attached hydrogens (tertiary/aromatic N) is 2. The number of nitrogens with one attached hydrogen (secondary N) is 1. The second kappa shape index (κ2) is 6.01. The first-order valence-corrected chi connectivity index (χ1v) is 7.33. The lowest BCUT2D eigenvalue weighted by molar-refractivity contribution is -0.141. The number of rotatable bonds is 4. The van der Waals surface area contributed by atoms with Crippen LogP contribution in [-0.2, 0) is 14.3 Å². The van der Waals surface area contributed by atoms with E-state index in [9.17, 15) is 14.4 Å². The van der Waals surface area contributed by atoms with Gasteiger partial charge in [0.1, 0.15) is 12.1 Å². The van der Waals surface area contributed by atoms with Crippen molar-refractivity contribution in [2.24, 2.45) is 5.92 Å². The van der Waals surface area contributed by atoms with Crippen molar-refractivity contribution >= 4 is 17.8 Å². The van der Waals surface area contributed by atoms with Gasteiger partial charge in [-0.3, -0.25) is 14.5 Å². The van der Waals surface area contributed by atoms with E-state index in [1.807, 2.05) is 13.8 Å². The van der Waals surface area contributed by atoms with E-state index in [0.29, 0.717) is 32.7 Å². The Hall–Kier alpha value is -1.63. The van der Waals surface area contributed by atoms with E-state index in [1.165, 1.54) is 0 Å². The molecule has 0 saturated carbocycles. The van der Waals surface area contributed by atoms with Gasteiger partial charge >= 0.3 is 6.03 Å². The molecule has 1 atom stereocenters. The van der Waals surface area contributed by atoms with Gasteiger partial charge in [0.15, 0.2) is 0 Å². The Bertz CT molecular complexity index is 446. The van der Waals surface area contributed by atoms with Gasteiger partial charge in [-0.25, -0.2) is 4.79 Å². The molecule has 0 aromatic heterocycles. The summed E-state index contributed by atoms with van der Waals surface area (Å²) in [6, 6.07) is -0.482. The predicted octanol–water partition coefficient (Wildman–Crippen LogP) is 0.202. The maximum atomic E-state index is 12.4. The fourth-order valence-corrected chi connectivity index (χ4v) is 2.89. The molecule has 2 aliphatic rings. The average molecular weight is 297 g/mol. The largest absolute Gasteiger partial charge is 0.378 e. The molecule has 2 heterocycles. The van der Waals surface area contributed by atoms with Crippen molar-refractivity contribution in [1.82, 2.24) is 15.1 Å². The summed E-state index contributed by atoms with van der Waals surface area (Å²) in [7, 11) is 0. The minimum atomic E-state index is -0.906. The zero-order valence-corrected chi connectivity index (χ0v) is 12.8. The summed E-state index contributed by atoms with van der Waals surface area (Å²) >= 11 is 0. The number of hydrogen-bond donors (Lipinski definition) is 1. The molecule has 2 fully saturated rings. The summed E-state index contributed by atoms with van der Waals surface area (Å²) in [5, 5.41) is 2.71. The highest BCUT2D eigenvalue weighted by Gasteiger charge is 2.48. The number of hydrogen-bond acceptors (Lipinski definition) is 4. The average Bonchev–Trinajstić information content (AvgIpc) is 2.62. The summed E-state index contributed by atoms with van der Waals surface area (Å²) in [5.41, 5.74) is -0.906. The standard InChI is InChI=1S/C14H23N3O4/c1-10(2)8-14(3)12(19)17(13(20)15-14)9-11(18)16-4-6-21-7-5-16/h10H,4-9H2,1-3H3,(H,15,20). The van der Waals surface area contributed by atoms with E-state index in [1.54, 1.807) is 11.8 Å². The van der Waals surface area contributed by atoms with Crippen LogP contribution < -0.4 is 5.32 Å². The normalized spacial score (nSPS) is 26.5. The topological polar surface area (TPSA) is 79.0 Å². The number of imide groups is 1. The van der Waals surface area contributed by atoms with Gasteiger partial charge in [0.2, 0.25) is 5.91 Å². The van der Waals surface area contributed by atoms with Crippen molar-refractivity contribution in [3.8, 4) is 0 Å². The van der Waals surface area contributed by atoms with Gasteiger partial charge in [-0.1, -0.05) is 13.8 Å². The monoisotopic (exact) mass is 297 g/mol. The molecule has 0 spiro atoms. The van der Waals surface area contributed by atoms with Crippen molar-refractivity contribution < 1.29 is 19.1 Å². The third-order valence-corrected chi connectivity index (χ3v) is 3.82. The Morgan fingerprint density at radius 3 is 2.52 bits per heavy atom. The molecular weight excluding hydrogens is 274 g/mol. The Kier molecular flexibility index (Phi) is 4.51. The highest BCUT2D eigenvalue weighted by molar-refractivity contribution is 6.08. The van der Waals surface area contributed by atoms with Crippen LogP contribution in [0.25, 0.3) is 0 Å². The Labute approximate surface area is 124 Å². The van der Waals surface area contributed by atoms with Gasteiger partial charge in [0.05, 0.1) is 13.2 Å². The first kappa shape index (κ1) is 15.8. The maximum Gasteiger partial charge on any atom is 0.325 e. The smallest absolute Gasteiger partial charge is 0.325 e. The molecule has 7 heteroatoms. The van der Waals surface area contributed by atoms with Crippen LogP contribution in [0.4, 0.5) is 4.79 Å². The lowest BCUT2D eigenvalue weighted by Gasteiger charge is -2.28. The van der Waals surface area contributed by atoms with Crippen molar-refractivity contribution in [3.05, 3.63) is 0 Å². The third-order valence-electron chi connectivity index (χ3n) is 3.82. The molecule has 4 amide bonds. The second-order valence-corrected chi connectivity index (χ2v) is 6.24. The van der Waals surface area contributed by atoms with Crippen molar-refractivity contribution in [2.75, 3.05) is 32.8 Å². The summed E-state index contributed by atoms with van der Waals surface area (Å²) in [6.07, 6.45) is 0.555. The lowest BCUT2D eigenvalue weighted by Crippen LogP contribution is -2.48. The zero-order valence-electron chi connectivity index (χ0n) is 12.8. The molecule has 0 aliphatic carbocycles. The van der Waals surface area contributed by atoms with Crippen LogP contribution in [0.5, 0.6) is 0 Å². The fourth-order valence-electron chi connectivity index (χ4n) is 2.89. The summed E-state index contributed by atoms with van der Waals surface area (Å²) in [6.45, 7) is 7.51. The summed E-state index contributed by atoms with van der Waals surface area (Å²) < 4.78 is 5.19. The fraction of sp³-hybridized carbons (Fsp3) is 0.786. The molecule has 0 aromatic rings. The zero-order chi connectivity index (χ0) is 15.6. The van der Waals surface area contributed by atoms with Crippen LogP contribution in [0.2, 0.25) is 0 Å². The molecule has 1 unspecified atom stereocenters. The maximum absolute atomic E-state index is 12.4.